The number of rotatable bonds is 4. The first-order chi connectivity index (χ1) is 14.1. The van der Waals surface area contributed by atoms with Gasteiger partial charge in [0.15, 0.2) is 5.78 Å². The zero-order valence-corrected chi connectivity index (χ0v) is 16.2. The SMILES string of the molecule is Cc1ccc(Oc2cc(C(F)(F)F)ccc2C(=O)NC2=CC(=O)CC=C2)c(Cl)c1F. The second-order valence-corrected chi connectivity index (χ2v) is 6.82. The van der Waals surface area contributed by atoms with E-state index in [1.807, 2.05) is 0 Å². The molecule has 0 fully saturated rings. The van der Waals surface area contributed by atoms with Crippen LogP contribution >= 0.6 is 11.6 Å². The number of ether oxygens (including phenoxy) is 1. The van der Waals surface area contributed by atoms with E-state index in [0.717, 1.165) is 12.1 Å². The molecule has 2 aromatic rings. The Morgan fingerprint density at radius 3 is 2.57 bits per heavy atom. The van der Waals surface area contributed by atoms with Gasteiger partial charge in [-0.15, -0.1) is 0 Å². The van der Waals surface area contributed by atoms with E-state index in [1.54, 1.807) is 0 Å². The molecular weight excluding hydrogens is 426 g/mol. The number of carbonyl (C=O) groups is 2. The first-order valence-corrected chi connectivity index (χ1v) is 9.00. The molecule has 156 valence electrons. The highest BCUT2D eigenvalue weighted by Crippen LogP contribution is 2.38. The second-order valence-electron chi connectivity index (χ2n) is 6.45. The van der Waals surface area contributed by atoms with Gasteiger partial charge in [-0.3, -0.25) is 9.59 Å². The minimum atomic E-state index is -4.70. The first-order valence-electron chi connectivity index (χ1n) is 8.62. The van der Waals surface area contributed by atoms with Gasteiger partial charge in [-0.05, 0) is 42.8 Å². The Morgan fingerprint density at radius 1 is 1.17 bits per heavy atom. The van der Waals surface area contributed by atoms with Crippen LogP contribution < -0.4 is 10.1 Å². The number of hydrogen-bond donors (Lipinski definition) is 1. The molecule has 0 saturated carbocycles. The molecule has 4 nitrogen and oxygen atoms in total. The summed E-state index contributed by atoms with van der Waals surface area (Å²) in [6.45, 7) is 1.46. The minimum Gasteiger partial charge on any atom is -0.455 e. The van der Waals surface area contributed by atoms with Crippen molar-refractivity contribution < 1.29 is 31.9 Å². The summed E-state index contributed by atoms with van der Waals surface area (Å²) in [6.07, 6.45) is -0.274. The molecule has 9 heteroatoms. The fourth-order valence-corrected chi connectivity index (χ4v) is 2.91. The molecule has 1 aliphatic rings. The Morgan fingerprint density at radius 2 is 1.90 bits per heavy atom. The number of amides is 1. The molecule has 30 heavy (non-hydrogen) atoms. The van der Waals surface area contributed by atoms with Crippen LogP contribution in [0.1, 0.15) is 27.9 Å². The Balaban J connectivity index is 2.01. The first kappa shape index (κ1) is 21.6. The maximum atomic E-state index is 14.0. The quantitative estimate of drug-likeness (QED) is 0.618. The van der Waals surface area contributed by atoms with Crippen LogP contribution in [-0.4, -0.2) is 11.7 Å². The maximum Gasteiger partial charge on any atom is 0.416 e. The lowest BCUT2D eigenvalue weighted by atomic mass is 10.1. The lowest BCUT2D eigenvalue weighted by molar-refractivity contribution is -0.137. The van der Waals surface area contributed by atoms with Crippen molar-refractivity contribution in [2.24, 2.45) is 0 Å². The summed E-state index contributed by atoms with van der Waals surface area (Å²) in [5.41, 5.74) is -0.923. The Bertz CT molecular complexity index is 1090. The summed E-state index contributed by atoms with van der Waals surface area (Å²) in [5.74, 6) is -2.56. The number of halogens is 5. The predicted octanol–water partition coefficient (Wildman–Crippen LogP) is 5.74. The largest absolute Gasteiger partial charge is 0.455 e. The Hall–Kier alpha value is -3.13. The van der Waals surface area contributed by atoms with Crippen molar-refractivity contribution in [3.63, 3.8) is 0 Å². The van der Waals surface area contributed by atoms with Crippen LogP contribution in [0.4, 0.5) is 17.6 Å². The van der Waals surface area contributed by atoms with Crippen molar-refractivity contribution in [3.05, 3.63) is 81.8 Å². The Labute approximate surface area is 173 Å². The van der Waals surface area contributed by atoms with Crippen LogP contribution in [0, 0.1) is 12.7 Å². The van der Waals surface area contributed by atoms with Gasteiger partial charge in [-0.2, -0.15) is 13.2 Å². The van der Waals surface area contributed by atoms with Gasteiger partial charge in [0, 0.05) is 18.2 Å². The number of benzene rings is 2. The molecule has 0 atom stereocenters. The van der Waals surface area contributed by atoms with E-state index in [-0.39, 0.29) is 34.8 Å². The molecule has 0 radical (unpaired) electrons. The summed E-state index contributed by atoms with van der Waals surface area (Å²) < 4.78 is 58.9. The molecule has 1 aliphatic carbocycles. The molecule has 3 rings (SSSR count). The van der Waals surface area contributed by atoms with E-state index in [0.29, 0.717) is 6.07 Å². The average molecular weight is 440 g/mol. The van der Waals surface area contributed by atoms with Crippen molar-refractivity contribution >= 4 is 23.3 Å². The zero-order chi connectivity index (χ0) is 22.1. The van der Waals surface area contributed by atoms with E-state index in [4.69, 9.17) is 16.3 Å². The zero-order valence-electron chi connectivity index (χ0n) is 15.4. The molecule has 0 spiro atoms. The molecule has 1 N–H and O–H groups in total. The summed E-state index contributed by atoms with van der Waals surface area (Å²) >= 11 is 5.90. The normalized spacial score (nSPS) is 13.8. The number of nitrogens with one attached hydrogen (secondary N) is 1. The van der Waals surface area contributed by atoms with Crippen molar-refractivity contribution in [1.82, 2.24) is 5.32 Å². The van der Waals surface area contributed by atoms with E-state index in [1.165, 1.54) is 37.3 Å². The van der Waals surface area contributed by atoms with Gasteiger partial charge >= 0.3 is 6.18 Å². The van der Waals surface area contributed by atoms with Gasteiger partial charge in [0.1, 0.15) is 22.3 Å². The molecular formula is C21H14ClF4NO3. The lowest BCUT2D eigenvalue weighted by Gasteiger charge is -2.16. The number of hydrogen-bond acceptors (Lipinski definition) is 3. The van der Waals surface area contributed by atoms with Crippen LogP contribution in [0.5, 0.6) is 11.5 Å². The topological polar surface area (TPSA) is 55.4 Å². The highest BCUT2D eigenvalue weighted by molar-refractivity contribution is 6.32. The monoisotopic (exact) mass is 439 g/mol. The molecule has 0 bridgehead atoms. The van der Waals surface area contributed by atoms with E-state index < -0.39 is 34.2 Å². The third-order valence-electron chi connectivity index (χ3n) is 4.20. The summed E-state index contributed by atoms with van der Waals surface area (Å²) in [5, 5.41) is 2.00. The Kier molecular flexibility index (Phi) is 5.98. The standard InChI is InChI=1S/C21H14ClF4NO3/c1-11-5-8-16(18(22)19(11)23)30-17-9-12(21(24,25)26)6-7-15(17)20(29)27-13-3-2-4-14(28)10-13/h2-3,5-10H,4H2,1H3,(H,27,29). The fourth-order valence-electron chi connectivity index (χ4n) is 2.65. The molecule has 0 aliphatic heterocycles. The van der Waals surface area contributed by atoms with Crippen LogP contribution in [0.3, 0.4) is 0 Å². The van der Waals surface area contributed by atoms with Gasteiger partial charge in [0.05, 0.1) is 11.1 Å². The van der Waals surface area contributed by atoms with Crippen LogP contribution in [0.15, 0.2) is 54.3 Å². The van der Waals surface area contributed by atoms with Crippen molar-refractivity contribution in [2.75, 3.05) is 0 Å². The number of carbonyl (C=O) groups excluding carboxylic acids is 2. The summed E-state index contributed by atoms with van der Waals surface area (Å²) in [6, 6.07) is 4.90. The van der Waals surface area contributed by atoms with Gasteiger partial charge in [0.2, 0.25) is 0 Å². The highest BCUT2D eigenvalue weighted by atomic mass is 35.5. The summed E-state index contributed by atoms with van der Waals surface area (Å²) in [7, 11) is 0. The van der Waals surface area contributed by atoms with Crippen molar-refractivity contribution in [2.45, 2.75) is 19.5 Å². The third kappa shape index (κ3) is 4.71. The highest BCUT2D eigenvalue weighted by Gasteiger charge is 2.32. The van der Waals surface area contributed by atoms with Crippen molar-refractivity contribution in [1.29, 1.82) is 0 Å². The molecule has 0 aromatic heterocycles. The molecule has 0 unspecified atom stereocenters. The molecule has 2 aromatic carbocycles. The summed E-state index contributed by atoms with van der Waals surface area (Å²) in [4.78, 5) is 24.1. The van der Waals surface area contributed by atoms with E-state index in [2.05, 4.69) is 5.32 Å². The van der Waals surface area contributed by atoms with Gasteiger partial charge in [0.25, 0.3) is 5.91 Å². The second kappa shape index (κ2) is 8.31. The van der Waals surface area contributed by atoms with Crippen molar-refractivity contribution in [3.8, 4) is 11.5 Å². The number of ketones is 1. The van der Waals surface area contributed by atoms with Gasteiger partial charge < -0.3 is 10.1 Å². The smallest absolute Gasteiger partial charge is 0.416 e. The fraction of sp³-hybridized carbons (Fsp3) is 0.143. The number of allylic oxidation sites excluding steroid dienone is 3. The molecule has 1 amide bonds. The minimum absolute atomic E-state index is 0.182. The maximum absolute atomic E-state index is 14.0. The predicted molar refractivity (Wildman–Crippen MR) is 102 cm³/mol. The third-order valence-corrected chi connectivity index (χ3v) is 4.56. The average Bonchev–Trinajstić information content (AvgIpc) is 2.67. The lowest BCUT2D eigenvalue weighted by Crippen LogP contribution is -2.24. The van der Waals surface area contributed by atoms with Gasteiger partial charge in [-0.25, -0.2) is 4.39 Å². The number of aryl methyl sites for hydroxylation is 1. The van der Waals surface area contributed by atoms with Crippen LogP contribution in [0.2, 0.25) is 5.02 Å². The number of alkyl halides is 3. The molecule has 0 heterocycles. The van der Waals surface area contributed by atoms with E-state index >= 15 is 0 Å². The van der Waals surface area contributed by atoms with E-state index in [9.17, 15) is 27.2 Å². The van der Waals surface area contributed by atoms with Crippen LogP contribution in [0.25, 0.3) is 0 Å². The van der Waals surface area contributed by atoms with Crippen LogP contribution in [-0.2, 0) is 11.0 Å². The van der Waals surface area contributed by atoms with Gasteiger partial charge in [-0.1, -0.05) is 23.7 Å². The molecule has 0 saturated heterocycles.